The highest BCUT2D eigenvalue weighted by Crippen LogP contribution is 2.55. The van der Waals surface area contributed by atoms with Crippen LogP contribution in [0.15, 0.2) is 20.9 Å². The maximum absolute atomic E-state index is 12.5. The van der Waals surface area contributed by atoms with Gasteiger partial charge in [-0.25, -0.2) is 0 Å². The molecule has 0 unspecified atom stereocenters. The Bertz CT molecular complexity index is 1580. The second-order valence-corrected chi connectivity index (χ2v) is 10.9. The van der Waals surface area contributed by atoms with E-state index in [9.17, 15) is 19.2 Å². The van der Waals surface area contributed by atoms with E-state index >= 15 is 0 Å². The summed E-state index contributed by atoms with van der Waals surface area (Å²) in [7, 11) is 2.92. The fourth-order valence-electron chi connectivity index (χ4n) is 4.24. The predicted octanol–water partition coefficient (Wildman–Crippen LogP) is 4.33. The average molecular weight is 525 g/mol. The van der Waals surface area contributed by atoms with Gasteiger partial charge in [0.15, 0.2) is 0 Å². The topological polar surface area (TPSA) is 125 Å². The molecule has 6 heterocycles. The standard InChI is InChI=1S/C20H8N6O4S4/c1-25-17(27)5-3-7(31-15(5)19(25)29)9-11-13(23-33-21-11)10(14-12(9)22-34-24-14)8-4-6-16(32-8)20(30)26(2)18(6)28/h3-4H,1-2H3. The van der Waals surface area contributed by atoms with Crippen LogP contribution in [0.25, 0.3) is 31.9 Å². The van der Waals surface area contributed by atoms with E-state index in [1.54, 1.807) is 12.1 Å². The Morgan fingerprint density at radius 1 is 0.676 bits per heavy atom. The summed E-state index contributed by atoms with van der Waals surface area (Å²) in [5, 5.41) is 0. The van der Waals surface area contributed by atoms with Crippen LogP contribution in [-0.4, -0.2) is 56.3 Å². The number of fused-ring (bicyclic) bond motifs is 4. The maximum atomic E-state index is 12.5. The Morgan fingerprint density at radius 2 is 1.12 bits per heavy atom. The molecule has 4 amide bonds. The number of amides is 4. The molecule has 3 aromatic heterocycles. The first kappa shape index (κ1) is 20.0. The third-order valence-corrected chi connectivity index (χ3v) is 9.29. The van der Waals surface area contributed by atoms with Crippen molar-refractivity contribution in [2.75, 3.05) is 14.1 Å². The number of hydrogen-bond donors (Lipinski definition) is 0. The molecule has 34 heavy (non-hydrogen) atoms. The van der Waals surface area contributed by atoms with E-state index in [0.717, 1.165) is 32.9 Å². The van der Waals surface area contributed by atoms with Crippen LogP contribution in [0.1, 0.15) is 40.1 Å². The minimum Gasteiger partial charge on any atom is -0.277 e. The summed E-state index contributed by atoms with van der Waals surface area (Å²) in [5.41, 5.74) is 4.31. The minimum atomic E-state index is -0.341. The van der Waals surface area contributed by atoms with E-state index in [-0.39, 0.29) is 23.6 Å². The molecule has 1 aromatic carbocycles. The molecule has 0 spiro atoms. The van der Waals surface area contributed by atoms with Crippen molar-refractivity contribution in [3.63, 3.8) is 0 Å². The number of hydrogen-bond acceptors (Lipinski definition) is 11. The molecule has 3 aliphatic heterocycles. The summed E-state index contributed by atoms with van der Waals surface area (Å²) in [6.45, 7) is 0. The van der Waals surface area contributed by atoms with Crippen molar-refractivity contribution < 1.29 is 19.2 Å². The van der Waals surface area contributed by atoms with Crippen molar-refractivity contribution in [1.29, 1.82) is 0 Å². The quantitative estimate of drug-likeness (QED) is 0.317. The van der Waals surface area contributed by atoms with Crippen LogP contribution in [0.3, 0.4) is 0 Å². The highest BCUT2D eigenvalue weighted by atomic mass is 32.1. The second kappa shape index (κ2) is 6.56. The third-order valence-electron chi connectivity index (χ3n) is 5.95. The lowest BCUT2D eigenvalue weighted by Gasteiger charge is -2.10. The Kier molecular flexibility index (Phi) is 3.85. The van der Waals surface area contributed by atoms with Crippen LogP contribution in [0.5, 0.6) is 0 Å². The first-order valence-corrected chi connectivity index (χ1v) is 12.8. The van der Waals surface area contributed by atoms with Gasteiger partial charge in [0, 0.05) is 35.0 Å². The van der Waals surface area contributed by atoms with Gasteiger partial charge < -0.3 is 0 Å². The van der Waals surface area contributed by atoms with Gasteiger partial charge in [-0.3, -0.25) is 29.0 Å². The molecule has 0 saturated heterocycles. The lowest BCUT2D eigenvalue weighted by molar-refractivity contribution is 0.0679. The summed E-state index contributed by atoms with van der Waals surface area (Å²) in [4.78, 5) is 54.2. The van der Waals surface area contributed by atoms with Gasteiger partial charge in [-0.05, 0) is 12.1 Å². The largest absolute Gasteiger partial charge is 0.277 e. The molecule has 7 rings (SSSR count). The van der Waals surface area contributed by atoms with Gasteiger partial charge in [0.05, 0.1) is 34.2 Å². The van der Waals surface area contributed by atoms with Crippen LogP contribution in [0.2, 0.25) is 0 Å². The van der Waals surface area contributed by atoms with E-state index in [1.165, 1.54) is 36.8 Å². The molecular formula is C20H8N6O4S4. The number of imide groups is 2. The van der Waals surface area contributed by atoms with Gasteiger partial charge in [-0.2, -0.15) is 17.5 Å². The van der Waals surface area contributed by atoms with Crippen LogP contribution in [-0.2, 0) is 11.4 Å². The number of carbonyl (C=O) groups is 4. The average Bonchev–Trinajstić information content (AvgIpc) is 3.66. The number of carbonyl (C=O) groups excluding carboxylic acids is 4. The monoisotopic (exact) mass is 524 g/mol. The molecule has 0 atom stereocenters. The lowest BCUT2D eigenvalue weighted by Crippen LogP contribution is -2.24. The third kappa shape index (κ3) is 2.32. The SMILES string of the molecule is CN1C(=O)c2cc(-c3c4c(c(-c5cc6c(s5)C(=O)N(C)C6=O)c5nsnc35)N=S=N4)sc2C1=O. The van der Waals surface area contributed by atoms with Crippen LogP contribution >= 0.6 is 34.4 Å². The summed E-state index contributed by atoms with van der Waals surface area (Å²) in [5.74, 6) is -1.35. The lowest BCUT2D eigenvalue weighted by atomic mass is 10.00. The molecule has 0 aliphatic carbocycles. The Hall–Kier alpha value is -3.46. The highest BCUT2D eigenvalue weighted by Gasteiger charge is 2.39. The zero-order chi connectivity index (χ0) is 23.5. The van der Waals surface area contributed by atoms with Gasteiger partial charge >= 0.3 is 0 Å². The molecule has 166 valence electrons. The van der Waals surface area contributed by atoms with E-state index in [4.69, 9.17) is 0 Å². The van der Waals surface area contributed by atoms with Gasteiger partial charge in [0.2, 0.25) is 0 Å². The number of aromatic nitrogens is 2. The first-order chi connectivity index (χ1) is 16.4. The van der Waals surface area contributed by atoms with Crippen molar-refractivity contribution in [2.24, 2.45) is 8.73 Å². The first-order valence-electron chi connectivity index (χ1n) is 9.70. The van der Waals surface area contributed by atoms with Crippen molar-refractivity contribution in [1.82, 2.24) is 18.5 Å². The zero-order valence-electron chi connectivity index (χ0n) is 17.1. The predicted molar refractivity (Wildman–Crippen MR) is 128 cm³/mol. The molecule has 14 heteroatoms. The Labute approximate surface area is 205 Å². The summed E-state index contributed by atoms with van der Waals surface area (Å²) in [6.07, 6.45) is 0. The molecule has 0 saturated carbocycles. The molecule has 0 radical (unpaired) electrons. The molecule has 3 aliphatic rings. The van der Waals surface area contributed by atoms with E-state index < -0.39 is 0 Å². The van der Waals surface area contributed by atoms with Crippen LogP contribution in [0.4, 0.5) is 11.4 Å². The fraction of sp³-hybridized carbons (Fsp3) is 0.100. The van der Waals surface area contributed by atoms with Crippen molar-refractivity contribution in [3.8, 4) is 20.9 Å². The van der Waals surface area contributed by atoms with Crippen molar-refractivity contribution in [3.05, 3.63) is 33.0 Å². The minimum absolute atomic E-state index is 0.333. The van der Waals surface area contributed by atoms with Gasteiger partial charge in [0.1, 0.15) is 32.2 Å². The van der Waals surface area contributed by atoms with E-state index in [2.05, 4.69) is 17.5 Å². The number of benzene rings is 1. The maximum Gasteiger partial charge on any atom is 0.271 e. The molecule has 0 fully saturated rings. The summed E-state index contributed by atoms with van der Waals surface area (Å²) < 4.78 is 18.0. The molecule has 10 nitrogen and oxygen atoms in total. The summed E-state index contributed by atoms with van der Waals surface area (Å²) in [6, 6.07) is 3.40. The number of rotatable bonds is 2. The highest BCUT2D eigenvalue weighted by molar-refractivity contribution is 7.58. The summed E-state index contributed by atoms with van der Waals surface area (Å²) >= 11 is 4.48. The van der Waals surface area contributed by atoms with Gasteiger partial charge in [0.25, 0.3) is 23.6 Å². The van der Waals surface area contributed by atoms with Crippen molar-refractivity contribution in [2.45, 2.75) is 0 Å². The molecule has 0 N–H and O–H groups in total. The van der Waals surface area contributed by atoms with E-state index in [1.807, 2.05) is 0 Å². The molecule has 0 bridgehead atoms. The van der Waals surface area contributed by atoms with Crippen molar-refractivity contribution >= 4 is 91.8 Å². The molecular weight excluding hydrogens is 517 g/mol. The van der Waals surface area contributed by atoms with Crippen LogP contribution in [0, 0.1) is 0 Å². The molecule has 4 aromatic rings. The zero-order valence-corrected chi connectivity index (χ0v) is 20.4. The van der Waals surface area contributed by atoms with Gasteiger partial charge in [-0.1, -0.05) is 0 Å². The second-order valence-electron chi connectivity index (χ2n) is 7.72. The van der Waals surface area contributed by atoms with E-state index in [0.29, 0.717) is 64.2 Å². The van der Waals surface area contributed by atoms with Gasteiger partial charge in [-0.15, -0.1) is 22.7 Å². The van der Waals surface area contributed by atoms with Crippen LogP contribution < -0.4 is 0 Å². The fourth-order valence-corrected chi connectivity index (χ4v) is 7.70. The Morgan fingerprint density at radius 3 is 1.53 bits per heavy atom. The number of thiophene rings is 2. The normalized spacial score (nSPS) is 16.2. The number of nitrogens with zero attached hydrogens (tertiary/aromatic N) is 6. The Balaban J connectivity index is 1.48. The smallest absolute Gasteiger partial charge is 0.271 e.